The first kappa shape index (κ1) is 15.8. The van der Waals surface area contributed by atoms with Crippen LogP contribution in [0.4, 0.5) is 5.69 Å². The number of hydrogen-bond acceptors (Lipinski definition) is 4. The largest absolute Gasteiger partial charge is 0.496 e. The van der Waals surface area contributed by atoms with Crippen molar-refractivity contribution < 1.29 is 14.3 Å². The zero-order valence-electron chi connectivity index (χ0n) is 13.0. The van der Waals surface area contributed by atoms with Crippen molar-refractivity contribution in [1.82, 2.24) is 5.32 Å². The molecule has 2 rings (SSSR count). The summed E-state index contributed by atoms with van der Waals surface area (Å²) in [5.41, 5.74) is 2.77. The Labute approximate surface area is 126 Å². The molecule has 0 saturated carbocycles. The summed E-state index contributed by atoms with van der Waals surface area (Å²) in [5, 5.41) is 6.17. The summed E-state index contributed by atoms with van der Waals surface area (Å²) in [6.07, 6.45) is 2.11. The topological polar surface area (TPSA) is 59.6 Å². The van der Waals surface area contributed by atoms with Crippen LogP contribution in [0.2, 0.25) is 0 Å². The van der Waals surface area contributed by atoms with E-state index in [1.165, 1.54) is 0 Å². The van der Waals surface area contributed by atoms with Gasteiger partial charge >= 0.3 is 0 Å². The monoisotopic (exact) mass is 292 g/mol. The van der Waals surface area contributed by atoms with E-state index < -0.39 is 0 Å². The van der Waals surface area contributed by atoms with Gasteiger partial charge in [-0.2, -0.15) is 0 Å². The molecule has 2 N–H and O–H groups in total. The highest BCUT2D eigenvalue weighted by Gasteiger charge is 2.16. The second kappa shape index (κ2) is 7.43. The minimum Gasteiger partial charge on any atom is -0.496 e. The fourth-order valence-corrected chi connectivity index (χ4v) is 2.62. The van der Waals surface area contributed by atoms with Gasteiger partial charge in [-0.3, -0.25) is 4.79 Å². The summed E-state index contributed by atoms with van der Waals surface area (Å²) < 4.78 is 11.0. The molecule has 1 aromatic rings. The van der Waals surface area contributed by atoms with E-state index in [1.54, 1.807) is 7.11 Å². The SMILES string of the molecule is COc1c(C)ccc(NC(=O)COC2CCNCC2)c1C. The van der Waals surface area contributed by atoms with E-state index in [-0.39, 0.29) is 18.6 Å². The quantitative estimate of drug-likeness (QED) is 0.871. The Balaban J connectivity index is 1.90. The molecule has 0 aliphatic carbocycles. The summed E-state index contributed by atoms with van der Waals surface area (Å²) in [7, 11) is 1.64. The first-order valence-corrected chi connectivity index (χ1v) is 7.38. The third-order valence-electron chi connectivity index (χ3n) is 3.82. The number of benzene rings is 1. The van der Waals surface area contributed by atoms with E-state index in [2.05, 4.69) is 10.6 Å². The van der Waals surface area contributed by atoms with Gasteiger partial charge in [0.1, 0.15) is 12.4 Å². The van der Waals surface area contributed by atoms with Gasteiger partial charge in [-0.05, 0) is 51.4 Å². The van der Waals surface area contributed by atoms with Gasteiger partial charge in [-0.1, -0.05) is 6.07 Å². The lowest BCUT2D eigenvalue weighted by Gasteiger charge is -2.22. The zero-order valence-corrected chi connectivity index (χ0v) is 13.0. The number of carbonyl (C=O) groups excluding carboxylic acids is 1. The van der Waals surface area contributed by atoms with Crippen LogP contribution in [0.3, 0.4) is 0 Å². The van der Waals surface area contributed by atoms with Crippen molar-refractivity contribution in [3.8, 4) is 5.75 Å². The molecule has 0 spiro atoms. The molecule has 1 fully saturated rings. The molecular weight excluding hydrogens is 268 g/mol. The molecule has 0 unspecified atom stereocenters. The highest BCUT2D eigenvalue weighted by molar-refractivity contribution is 5.92. The van der Waals surface area contributed by atoms with Crippen LogP contribution in [0, 0.1) is 13.8 Å². The molecule has 1 amide bonds. The van der Waals surface area contributed by atoms with Crippen molar-refractivity contribution in [1.29, 1.82) is 0 Å². The molecule has 1 heterocycles. The van der Waals surface area contributed by atoms with E-state index in [0.29, 0.717) is 0 Å². The third kappa shape index (κ3) is 4.19. The molecule has 21 heavy (non-hydrogen) atoms. The van der Waals surface area contributed by atoms with Crippen molar-refractivity contribution in [2.45, 2.75) is 32.8 Å². The van der Waals surface area contributed by atoms with Gasteiger partial charge in [0.05, 0.1) is 13.2 Å². The maximum absolute atomic E-state index is 12.0. The Hall–Kier alpha value is -1.59. The van der Waals surface area contributed by atoms with Crippen LogP contribution in [0.1, 0.15) is 24.0 Å². The van der Waals surface area contributed by atoms with Gasteiger partial charge in [-0.25, -0.2) is 0 Å². The number of piperidine rings is 1. The van der Waals surface area contributed by atoms with E-state index in [0.717, 1.165) is 48.5 Å². The number of nitrogens with one attached hydrogen (secondary N) is 2. The molecule has 0 bridgehead atoms. The fourth-order valence-electron chi connectivity index (χ4n) is 2.62. The molecule has 5 heteroatoms. The van der Waals surface area contributed by atoms with Crippen LogP contribution < -0.4 is 15.4 Å². The maximum Gasteiger partial charge on any atom is 0.250 e. The molecule has 0 aromatic heterocycles. The van der Waals surface area contributed by atoms with Gasteiger partial charge in [0.25, 0.3) is 0 Å². The predicted octanol–water partition coefficient (Wildman–Crippen LogP) is 2.02. The Morgan fingerprint density at radius 1 is 1.33 bits per heavy atom. The molecule has 5 nitrogen and oxygen atoms in total. The molecule has 1 aliphatic rings. The molecule has 116 valence electrons. The first-order valence-electron chi connectivity index (χ1n) is 7.38. The molecule has 1 saturated heterocycles. The number of anilines is 1. The molecule has 1 aliphatic heterocycles. The minimum atomic E-state index is -0.123. The summed E-state index contributed by atoms with van der Waals surface area (Å²) in [5.74, 6) is 0.689. The molecule has 1 aromatic carbocycles. The highest BCUT2D eigenvalue weighted by Crippen LogP contribution is 2.29. The van der Waals surface area contributed by atoms with Crippen molar-refractivity contribution >= 4 is 11.6 Å². The van der Waals surface area contributed by atoms with Crippen molar-refractivity contribution in [3.05, 3.63) is 23.3 Å². The number of methoxy groups -OCH3 is 1. The summed E-state index contributed by atoms with van der Waals surface area (Å²) in [6.45, 7) is 5.94. The van der Waals surface area contributed by atoms with Gasteiger partial charge in [-0.15, -0.1) is 0 Å². The third-order valence-corrected chi connectivity index (χ3v) is 3.82. The second-order valence-electron chi connectivity index (χ2n) is 5.40. The van der Waals surface area contributed by atoms with E-state index in [1.807, 2.05) is 26.0 Å². The summed E-state index contributed by atoms with van der Waals surface area (Å²) >= 11 is 0. The average Bonchev–Trinajstić information content (AvgIpc) is 2.50. The van der Waals surface area contributed by atoms with Gasteiger partial charge in [0.15, 0.2) is 0 Å². The smallest absolute Gasteiger partial charge is 0.250 e. The van der Waals surface area contributed by atoms with Crippen molar-refractivity contribution in [2.75, 3.05) is 32.1 Å². The maximum atomic E-state index is 12.0. The van der Waals surface area contributed by atoms with E-state index in [4.69, 9.17) is 9.47 Å². The van der Waals surface area contributed by atoms with Crippen LogP contribution >= 0.6 is 0 Å². The Kier molecular flexibility index (Phi) is 5.59. The number of amides is 1. The average molecular weight is 292 g/mol. The molecular formula is C16H24N2O3. The Bertz CT molecular complexity index is 497. The van der Waals surface area contributed by atoms with Crippen LogP contribution in [0.25, 0.3) is 0 Å². The lowest BCUT2D eigenvalue weighted by Crippen LogP contribution is -2.34. The summed E-state index contributed by atoms with van der Waals surface area (Å²) in [4.78, 5) is 12.0. The Morgan fingerprint density at radius 2 is 2.05 bits per heavy atom. The normalized spacial score (nSPS) is 15.8. The lowest BCUT2D eigenvalue weighted by atomic mass is 10.1. The molecule has 0 atom stereocenters. The van der Waals surface area contributed by atoms with Crippen LogP contribution in [0.15, 0.2) is 12.1 Å². The standard InChI is InChI=1S/C16H24N2O3/c1-11-4-5-14(12(2)16(11)20-3)18-15(19)10-21-13-6-8-17-9-7-13/h4-5,13,17H,6-10H2,1-3H3,(H,18,19). The number of ether oxygens (including phenoxy) is 2. The minimum absolute atomic E-state index is 0.0975. The number of carbonyl (C=O) groups is 1. The van der Waals surface area contributed by atoms with Crippen molar-refractivity contribution in [2.24, 2.45) is 0 Å². The predicted molar refractivity (Wildman–Crippen MR) is 82.9 cm³/mol. The number of hydrogen-bond donors (Lipinski definition) is 2. The van der Waals surface area contributed by atoms with Crippen LogP contribution in [-0.4, -0.2) is 38.8 Å². The zero-order chi connectivity index (χ0) is 15.2. The van der Waals surface area contributed by atoms with Crippen molar-refractivity contribution in [3.63, 3.8) is 0 Å². The van der Waals surface area contributed by atoms with E-state index in [9.17, 15) is 4.79 Å². The van der Waals surface area contributed by atoms with Gasteiger partial charge in [0.2, 0.25) is 5.91 Å². The van der Waals surface area contributed by atoms with Gasteiger partial charge < -0.3 is 20.1 Å². The number of aryl methyl sites for hydroxylation is 1. The highest BCUT2D eigenvalue weighted by atomic mass is 16.5. The second-order valence-corrected chi connectivity index (χ2v) is 5.40. The van der Waals surface area contributed by atoms with Gasteiger partial charge in [0, 0.05) is 11.3 Å². The first-order chi connectivity index (χ1) is 10.1. The number of rotatable bonds is 5. The van der Waals surface area contributed by atoms with Crippen LogP contribution in [0.5, 0.6) is 5.75 Å². The van der Waals surface area contributed by atoms with E-state index >= 15 is 0 Å². The lowest BCUT2D eigenvalue weighted by molar-refractivity contribution is -0.123. The molecule has 0 radical (unpaired) electrons. The fraction of sp³-hybridized carbons (Fsp3) is 0.562. The summed E-state index contributed by atoms with van der Waals surface area (Å²) in [6, 6.07) is 3.84. The Morgan fingerprint density at radius 3 is 2.71 bits per heavy atom. The van der Waals surface area contributed by atoms with Crippen LogP contribution in [-0.2, 0) is 9.53 Å².